The Bertz CT molecular complexity index is 295. The number of rotatable bonds is 3. The van der Waals surface area contributed by atoms with Crippen LogP contribution in [0.2, 0.25) is 0 Å². The van der Waals surface area contributed by atoms with Crippen molar-refractivity contribution in [2.75, 3.05) is 26.3 Å². The van der Waals surface area contributed by atoms with Crippen LogP contribution >= 0.6 is 0 Å². The second-order valence-electron chi connectivity index (χ2n) is 5.55. The van der Waals surface area contributed by atoms with Crippen LogP contribution in [-0.2, 0) is 4.79 Å². The highest BCUT2D eigenvalue weighted by atomic mass is 16.2. The lowest BCUT2D eigenvalue weighted by Gasteiger charge is -2.28. The molecule has 1 aliphatic carbocycles. The molecule has 2 saturated heterocycles. The number of hydrogen-bond acceptors (Lipinski definition) is 3. The van der Waals surface area contributed by atoms with Gasteiger partial charge in [0.25, 0.3) is 0 Å². The molecule has 1 spiro atoms. The van der Waals surface area contributed by atoms with Gasteiger partial charge in [0.05, 0.1) is 12.2 Å². The van der Waals surface area contributed by atoms with Crippen molar-refractivity contribution in [2.45, 2.75) is 44.2 Å². The molecule has 4 nitrogen and oxygen atoms in total. The largest absolute Gasteiger partial charge is 0.324 e. The Morgan fingerprint density at radius 2 is 2.06 bits per heavy atom. The van der Waals surface area contributed by atoms with Gasteiger partial charge in [0.2, 0.25) is 5.91 Å². The van der Waals surface area contributed by atoms with Crippen molar-refractivity contribution in [1.29, 1.82) is 0 Å². The van der Waals surface area contributed by atoms with E-state index >= 15 is 0 Å². The summed E-state index contributed by atoms with van der Waals surface area (Å²) >= 11 is 0. The van der Waals surface area contributed by atoms with Crippen molar-refractivity contribution < 1.29 is 4.79 Å². The van der Waals surface area contributed by atoms with Crippen LogP contribution in [-0.4, -0.2) is 53.6 Å². The van der Waals surface area contributed by atoms with E-state index in [2.05, 4.69) is 17.1 Å². The summed E-state index contributed by atoms with van der Waals surface area (Å²) in [4.78, 5) is 16.7. The zero-order valence-corrected chi connectivity index (χ0v) is 10.0. The smallest absolute Gasteiger partial charge is 0.244 e. The molecule has 16 heavy (non-hydrogen) atoms. The zero-order chi connectivity index (χ0) is 11.2. The Kier molecular flexibility index (Phi) is 2.44. The molecule has 4 heteroatoms. The van der Waals surface area contributed by atoms with Crippen LogP contribution in [0, 0.1) is 0 Å². The van der Waals surface area contributed by atoms with Crippen molar-refractivity contribution in [3.05, 3.63) is 0 Å². The van der Waals surface area contributed by atoms with Crippen LogP contribution in [0.1, 0.15) is 32.6 Å². The number of nitrogens with one attached hydrogen (secondary N) is 1. The van der Waals surface area contributed by atoms with Gasteiger partial charge in [-0.2, -0.15) is 0 Å². The van der Waals surface area contributed by atoms with Crippen LogP contribution in [0.4, 0.5) is 0 Å². The third-order valence-electron chi connectivity index (χ3n) is 4.26. The van der Waals surface area contributed by atoms with E-state index in [1.165, 1.54) is 25.9 Å². The summed E-state index contributed by atoms with van der Waals surface area (Å²) in [6.45, 7) is 6.41. The molecule has 0 radical (unpaired) electrons. The first kappa shape index (κ1) is 10.5. The van der Waals surface area contributed by atoms with E-state index < -0.39 is 0 Å². The predicted octanol–water partition coefficient (Wildman–Crippen LogP) is 0.393. The highest BCUT2D eigenvalue weighted by Gasteiger charge is 2.56. The van der Waals surface area contributed by atoms with Crippen molar-refractivity contribution in [2.24, 2.45) is 0 Å². The molecule has 0 aromatic heterocycles. The number of nitrogens with zero attached hydrogens (tertiary/aromatic N) is 2. The van der Waals surface area contributed by atoms with E-state index in [-0.39, 0.29) is 5.54 Å². The highest BCUT2D eigenvalue weighted by molar-refractivity contribution is 5.91. The third kappa shape index (κ3) is 1.64. The molecular formula is C12H21N3O. The SMILES string of the molecule is CC(CN1CCCC1)N1CNC2(CC2)C1=O. The predicted molar refractivity (Wildman–Crippen MR) is 61.9 cm³/mol. The number of hydrogen-bond donors (Lipinski definition) is 1. The lowest BCUT2D eigenvalue weighted by molar-refractivity contribution is -0.131. The monoisotopic (exact) mass is 223 g/mol. The molecule has 90 valence electrons. The Labute approximate surface area is 97.0 Å². The molecule has 3 fully saturated rings. The molecule has 0 aromatic carbocycles. The Hall–Kier alpha value is -0.610. The van der Waals surface area contributed by atoms with E-state index in [0.717, 1.165) is 26.1 Å². The van der Waals surface area contributed by atoms with E-state index in [1.54, 1.807) is 0 Å². The highest BCUT2D eigenvalue weighted by Crippen LogP contribution is 2.40. The first-order valence-corrected chi connectivity index (χ1v) is 6.50. The van der Waals surface area contributed by atoms with Gasteiger partial charge in [0.15, 0.2) is 0 Å². The summed E-state index contributed by atoms with van der Waals surface area (Å²) in [6, 6.07) is 0.359. The van der Waals surface area contributed by atoms with Crippen LogP contribution in [0.25, 0.3) is 0 Å². The lowest BCUT2D eigenvalue weighted by Crippen LogP contribution is -2.43. The molecule has 1 saturated carbocycles. The minimum Gasteiger partial charge on any atom is -0.324 e. The molecule has 1 N–H and O–H groups in total. The minimum absolute atomic E-state index is 0.126. The minimum atomic E-state index is -0.126. The lowest BCUT2D eigenvalue weighted by atomic mass is 10.2. The van der Waals surface area contributed by atoms with Gasteiger partial charge in [-0.05, 0) is 45.7 Å². The van der Waals surface area contributed by atoms with Gasteiger partial charge in [0.1, 0.15) is 0 Å². The molecule has 1 atom stereocenters. The standard InChI is InChI=1S/C12H21N3O/c1-10(8-14-6-2-3-7-14)15-9-13-12(4-5-12)11(15)16/h10,13H,2-9H2,1H3. The van der Waals surface area contributed by atoms with Crippen LogP contribution < -0.4 is 5.32 Å². The average Bonchev–Trinajstić information content (AvgIpc) is 2.74. The zero-order valence-electron chi connectivity index (χ0n) is 10.0. The quantitative estimate of drug-likeness (QED) is 0.752. The summed E-state index contributed by atoms with van der Waals surface area (Å²) in [5.41, 5.74) is -0.126. The molecule has 0 aromatic rings. The van der Waals surface area contributed by atoms with Gasteiger partial charge in [-0.25, -0.2) is 0 Å². The Morgan fingerprint density at radius 3 is 2.62 bits per heavy atom. The summed E-state index contributed by atoms with van der Waals surface area (Å²) < 4.78 is 0. The number of carbonyl (C=O) groups is 1. The molecule has 3 aliphatic rings. The molecule has 1 amide bonds. The third-order valence-corrected chi connectivity index (χ3v) is 4.26. The molecular weight excluding hydrogens is 202 g/mol. The fourth-order valence-corrected chi connectivity index (χ4v) is 2.97. The maximum absolute atomic E-state index is 12.1. The summed E-state index contributed by atoms with van der Waals surface area (Å²) in [7, 11) is 0. The number of carbonyl (C=O) groups excluding carboxylic acids is 1. The van der Waals surface area contributed by atoms with Gasteiger partial charge in [-0.15, -0.1) is 0 Å². The first-order chi connectivity index (χ1) is 7.71. The summed E-state index contributed by atoms with van der Waals surface area (Å²) in [5.74, 6) is 0.346. The Balaban J connectivity index is 1.58. The fraction of sp³-hybridized carbons (Fsp3) is 0.917. The molecule has 3 rings (SSSR count). The number of likely N-dealkylation sites (tertiary alicyclic amines) is 1. The number of amides is 1. The maximum atomic E-state index is 12.1. The molecule has 2 heterocycles. The van der Waals surface area contributed by atoms with E-state index in [0.29, 0.717) is 11.9 Å². The van der Waals surface area contributed by atoms with Gasteiger partial charge in [-0.1, -0.05) is 0 Å². The molecule has 2 aliphatic heterocycles. The van der Waals surface area contributed by atoms with Crippen molar-refractivity contribution in [3.8, 4) is 0 Å². The van der Waals surface area contributed by atoms with Crippen LogP contribution in [0.5, 0.6) is 0 Å². The van der Waals surface area contributed by atoms with Crippen molar-refractivity contribution in [1.82, 2.24) is 15.1 Å². The van der Waals surface area contributed by atoms with E-state index in [1.807, 2.05) is 4.90 Å². The van der Waals surface area contributed by atoms with E-state index in [9.17, 15) is 4.79 Å². The van der Waals surface area contributed by atoms with Gasteiger partial charge >= 0.3 is 0 Å². The second-order valence-corrected chi connectivity index (χ2v) is 5.55. The normalized spacial score (nSPS) is 30.3. The van der Waals surface area contributed by atoms with Gasteiger partial charge < -0.3 is 9.80 Å². The molecule has 1 unspecified atom stereocenters. The molecule has 0 bridgehead atoms. The second kappa shape index (κ2) is 3.70. The van der Waals surface area contributed by atoms with Crippen LogP contribution in [0.3, 0.4) is 0 Å². The van der Waals surface area contributed by atoms with E-state index in [4.69, 9.17) is 0 Å². The van der Waals surface area contributed by atoms with Gasteiger partial charge in [0, 0.05) is 12.6 Å². The average molecular weight is 223 g/mol. The van der Waals surface area contributed by atoms with Crippen molar-refractivity contribution >= 4 is 5.91 Å². The first-order valence-electron chi connectivity index (χ1n) is 6.50. The summed E-state index contributed by atoms with van der Waals surface area (Å²) in [6.07, 6.45) is 4.73. The van der Waals surface area contributed by atoms with Gasteiger partial charge in [-0.3, -0.25) is 10.1 Å². The maximum Gasteiger partial charge on any atom is 0.244 e. The topological polar surface area (TPSA) is 35.6 Å². The van der Waals surface area contributed by atoms with Crippen molar-refractivity contribution in [3.63, 3.8) is 0 Å². The summed E-state index contributed by atoms with van der Waals surface area (Å²) in [5, 5.41) is 3.37. The fourth-order valence-electron chi connectivity index (χ4n) is 2.97. The Morgan fingerprint density at radius 1 is 1.38 bits per heavy atom. The van der Waals surface area contributed by atoms with Crippen LogP contribution in [0.15, 0.2) is 0 Å².